The van der Waals surface area contributed by atoms with Crippen molar-refractivity contribution in [3.8, 4) is 0 Å². The quantitative estimate of drug-likeness (QED) is 0.682. The van der Waals surface area contributed by atoms with Gasteiger partial charge in [0.2, 0.25) is 0 Å². The fourth-order valence-electron chi connectivity index (χ4n) is 1.77. The summed E-state index contributed by atoms with van der Waals surface area (Å²) in [6.07, 6.45) is 1.69. The third-order valence-electron chi connectivity index (χ3n) is 2.91. The smallest absolute Gasteiger partial charge is 0.408 e. The normalized spacial score (nSPS) is 11.0. The Bertz CT molecular complexity index is 679. The van der Waals surface area contributed by atoms with E-state index in [0.29, 0.717) is 5.13 Å². The summed E-state index contributed by atoms with van der Waals surface area (Å²) in [6.45, 7) is 1.86. The molecule has 1 N–H and O–H groups in total. The maximum absolute atomic E-state index is 10.8. The fourth-order valence-corrected chi connectivity index (χ4v) is 2.45. The van der Waals surface area contributed by atoms with Crippen LogP contribution in [0.5, 0.6) is 0 Å². The lowest BCUT2D eigenvalue weighted by atomic mass is 10.2. The van der Waals surface area contributed by atoms with E-state index < -0.39 is 5.97 Å². The topological polar surface area (TPSA) is 69.1 Å². The van der Waals surface area contributed by atoms with Crippen molar-refractivity contribution in [2.24, 2.45) is 10.2 Å². The van der Waals surface area contributed by atoms with Crippen molar-refractivity contribution < 1.29 is 14.5 Å². The highest BCUT2D eigenvalue weighted by molar-refractivity contribution is 7.12. The monoisotopic (exact) mass is 305 g/mol. The Morgan fingerprint density at radius 3 is 2.76 bits per heavy atom. The number of hydrogen-bond donors (Lipinski definition) is 1. The Morgan fingerprint density at radius 1 is 1.38 bits per heavy atom. The number of anilines is 1. The number of benzene rings is 1. The number of aryl methyl sites for hydroxylation is 1. The zero-order chi connectivity index (χ0) is 15.4. The van der Waals surface area contributed by atoms with Crippen LogP contribution in [0.3, 0.4) is 0 Å². The minimum absolute atomic E-state index is 0.115. The summed E-state index contributed by atoms with van der Waals surface area (Å²) in [7, 11) is 3.97. The van der Waals surface area contributed by atoms with E-state index in [-0.39, 0.29) is 6.54 Å². The molecule has 0 atom stereocenters. The average Bonchev–Trinajstić information content (AvgIpc) is 2.83. The maximum atomic E-state index is 10.8. The second-order valence-corrected chi connectivity index (χ2v) is 5.65. The second kappa shape index (κ2) is 6.45. The molecule has 0 amide bonds. The first kappa shape index (κ1) is 15.1. The third-order valence-corrected chi connectivity index (χ3v) is 3.69. The molecule has 21 heavy (non-hydrogen) atoms. The summed E-state index contributed by atoms with van der Waals surface area (Å²) in [5.74, 6) is -0.902. The molecule has 0 radical (unpaired) electrons. The van der Waals surface area contributed by atoms with Crippen LogP contribution in [-0.2, 0) is 11.3 Å². The van der Waals surface area contributed by atoms with Gasteiger partial charge in [-0.1, -0.05) is 0 Å². The lowest BCUT2D eigenvalue weighted by Crippen LogP contribution is -2.35. The van der Waals surface area contributed by atoms with E-state index >= 15 is 0 Å². The zero-order valence-electron chi connectivity index (χ0n) is 12.1. The molecule has 7 heteroatoms. The van der Waals surface area contributed by atoms with Gasteiger partial charge in [-0.05, 0) is 47.1 Å². The van der Waals surface area contributed by atoms with Crippen LogP contribution in [0.1, 0.15) is 5.56 Å². The first-order valence-corrected chi connectivity index (χ1v) is 7.24. The molecular formula is C14H17N4O2S+. The van der Waals surface area contributed by atoms with Gasteiger partial charge in [-0.15, -0.1) is 0 Å². The van der Waals surface area contributed by atoms with Crippen LogP contribution in [-0.4, -0.2) is 25.2 Å². The molecule has 0 bridgehead atoms. The number of carbonyl (C=O) groups is 1. The van der Waals surface area contributed by atoms with Gasteiger partial charge < -0.3 is 10.0 Å². The first-order chi connectivity index (χ1) is 9.97. The van der Waals surface area contributed by atoms with Gasteiger partial charge in [-0.25, -0.2) is 9.36 Å². The summed E-state index contributed by atoms with van der Waals surface area (Å²) >= 11 is 1.36. The predicted octanol–water partition coefficient (Wildman–Crippen LogP) is 2.91. The number of carboxylic acid groups (broad SMARTS) is 1. The lowest BCUT2D eigenvalue weighted by Gasteiger charge is -2.12. The van der Waals surface area contributed by atoms with Crippen LogP contribution in [0.15, 0.2) is 40.0 Å². The van der Waals surface area contributed by atoms with Crippen LogP contribution >= 0.6 is 11.3 Å². The van der Waals surface area contributed by atoms with E-state index in [0.717, 1.165) is 16.9 Å². The number of azo groups is 1. The Morgan fingerprint density at radius 2 is 2.14 bits per heavy atom. The maximum Gasteiger partial charge on any atom is 0.408 e. The molecule has 1 aromatic heterocycles. The van der Waals surface area contributed by atoms with Crippen LogP contribution in [0, 0.1) is 6.92 Å². The van der Waals surface area contributed by atoms with Crippen molar-refractivity contribution in [3.63, 3.8) is 0 Å². The predicted molar refractivity (Wildman–Crippen MR) is 81.8 cm³/mol. The largest absolute Gasteiger partial charge is 0.478 e. The molecule has 0 aliphatic rings. The third kappa shape index (κ3) is 3.85. The van der Waals surface area contributed by atoms with E-state index in [1.807, 2.05) is 44.1 Å². The van der Waals surface area contributed by atoms with Crippen LogP contribution in [0.2, 0.25) is 0 Å². The van der Waals surface area contributed by atoms with Crippen molar-refractivity contribution in [1.82, 2.24) is 0 Å². The number of nitrogens with zero attached hydrogens (tertiary/aromatic N) is 4. The van der Waals surface area contributed by atoms with Crippen molar-refractivity contribution in [1.29, 1.82) is 0 Å². The van der Waals surface area contributed by atoms with Gasteiger partial charge in [0.15, 0.2) is 6.54 Å². The summed E-state index contributed by atoms with van der Waals surface area (Å²) in [4.78, 5) is 12.8. The lowest BCUT2D eigenvalue weighted by molar-refractivity contribution is -0.669. The second-order valence-electron chi connectivity index (χ2n) is 4.77. The molecule has 0 spiro atoms. The first-order valence-electron chi connectivity index (χ1n) is 6.36. The molecular weight excluding hydrogens is 288 g/mol. The molecule has 0 saturated heterocycles. The zero-order valence-corrected chi connectivity index (χ0v) is 13.0. The molecule has 1 aromatic carbocycles. The van der Waals surface area contributed by atoms with Gasteiger partial charge in [0, 0.05) is 25.2 Å². The number of aromatic nitrogens is 1. The van der Waals surface area contributed by atoms with E-state index in [2.05, 4.69) is 10.2 Å². The standard InChI is InChI=1S/C14H16N4O2S/c1-10-8-11(17(2)3)4-5-12(10)15-16-14-18(6-7-21-14)9-13(19)20/h4-8H,9H2,1-3H3/p+1. The van der Waals surface area contributed by atoms with Gasteiger partial charge in [-0.3, -0.25) is 0 Å². The highest BCUT2D eigenvalue weighted by Gasteiger charge is 2.15. The summed E-state index contributed by atoms with van der Waals surface area (Å²) in [5.41, 5.74) is 2.89. The summed E-state index contributed by atoms with van der Waals surface area (Å²) < 4.78 is 1.56. The van der Waals surface area contributed by atoms with Gasteiger partial charge in [0.1, 0.15) is 11.9 Å². The Balaban J connectivity index is 2.22. The molecule has 6 nitrogen and oxygen atoms in total. The SMILES string of the molecule is Cc1cc(N(C)C)ccc1N=Nc1scc[n+]1CC(=O)O. The molecule has 0 unspecified atom stereocenters. The van der Waals surface area contributed by atoms with Crippen molar-refractivity contribution in [2.45, 2.75) is 13.5 Å². The molecule has 2 aromatic rings. The number of thiazole rings is 1. The van der Waals surface area contributed by atoms with E-state index in [9.17, 15) is 4.79 Å². The fraction of sp³-hybridized carbons (Fsp3) is 0.286. The molecule has 1 heterocycles. The van der Waals surface area contributed by atoms with Gasteiger partial charge in [0.05, 0.1) is 5.11 Å². The molecule has 0 aliphatic carbocycles. The van der Waals surface area contributed by atoms with Gasteiger partial charge >= 0.3 is 11.1 Å². The number of rotatable bonds is 5. The molecule has 110 valence electrons. The molecule has 0 saturated carbocycles. The Labute approximate surface area is 127 Å². The highest BCUT2D eigenvalue weighted by atomic mass is 32.1. The van der Waals surface area contributed by atoms with Crippen molar-refractivity contribution >= 4 is 33.8 Å². The average molecular weight is 305 g/mol. The highest BCUT2D eigenvalue weighted by Crippen LogP contribution is 2.26. The Hall–Kier alpha value is -2.28. The van der Waals surface area contributed by atoms with Crippen LogP contribution in [0.4, 0.5) is 16.5 Å². The van der Waals surface area contributed by atoms with E-state index in [1.54, 1.807) is 16.1 Å². The molecule has 0 aliphatic heterocycles. The minimum atomic E-state index is -0.902. The van der Waals surface area contributed by atoms with E-state index in [1.165, 1.54) is 11.3 Å². The van der Waals surface area contributed by atoms with Crippen LogP contribution in [0.25, 0.3) is 0 Å². The van der Waals surface area contributed by atoms with Gasteiger partial charge in [-0.2, -0.15) is 0 Å². The molecule has 0 fully saturated rings. The summed E-state index contributed by atoms with van der Waals surface area (Å²) in [5, 5.41) is 19.6. The van der Waals surface area contributed by atoms with E-state index in [4.69, 9.17) is 5.11 Å². The van der Waals surface area contributed by atoms with Crippen molar-refractivity contribution in [2.75, 3.05) is 19.0 Å². The number of hydrogen-bond acceptors (Lipinski definition) is 5. The number of carboxylic acids is 1. The van der Waals surface area contributed by atoms with Crippen molar-refractivity contribution in [3.05, 3.63) is 35.3 Å². The number of aliphatic carboxylic acids is 1. The summed E-state index contributed by atoms with van der Waals surface area (Å²) in [6, 6.07) is 5.92. The molecule has 2 rings (SSSR count). The minimum Gasteiger partial charge on any atom is -0.478 e. The van der Waals surface area contributed by atoms with Crippen LogP contribution < -0.4 is 9.47 Å². The Kier molecular flexibility index (Phi) is 4.64. The van der Waals surface area contributed by atoms with Gasteiger partial charge in [0.25, 0.3) is 0 Å².